The lowest BCUT2D eigenvalue weighted by atomic mass is 9.94. The zero-order valence-electron chi connectivity index (χ0n) is 25.4. The highest BCUT2D eigenvalue weighted by Crippen LogP contribution is 2.50. The molecule has 46 heavy (non-hydrogen) atoms. The predicted octanol–water partition coefficient (Wildman–Crippen LogP) is 4.57. The van der Waals surface area contributed by atoms with Crippen LogP contribution in [0.5, 0.6) is 5.88 Å². The van der Waals surface area contributed by atoms with Crippen molar-refractivity contribution < 1.29 is 36.2 Å². The fourth-order valence-corrected chi connectivity index (χ4v) is 8.23. The largest absolute Gasteiger partial charge is 0.472 e. The molecule has 4 aliphatic heterocycles. The number of carbonyl (C=O) groups is 1. The van der Waals surface area contributed by atoms with Gasteiger partial charge in [-0.25, -0.2) is 18.7 Å². The van der Waals surface area contributed by atoms with Gasteiger partial charge >= 0.3 is 6.18 Å². The molecule has 3 saturated heterocycles. The first kappa shape index (κ1) is 29.6. The van der Waals surface area contributed by atoms with E-state index in [1.165, 1.54) is 6.92 Å². The fraction of sp³-hybridized carbons (Fsp3) is 0.531. The Bertz CT molecular complexity index is 1840. The van der Waals surface area contributed by atoms with E-state index in [-0.39, 0.29) is 57.1 Å². The van der Waals surface area contributed by atoms with Crippen molar-refractivity contribution >= 4 is 28.2 Å². The summed E-state index contributed by atoms with van der Waals surface area (Å²) in [6.07, 6.45) is -4.48. The SMILES string of the molecule is Cc1c(C(=O)NC23COCC2C3)nc2c3c(nc(-c4cc(N)cc(F)c4CC(F)(F)F)c(F)c13)OC(C)C1C3CCC(C)(CN21)N3. The van der Waals surface area contributed by atoms with E-state index in [9.17, 15) is 18.0 Å². The number of aryl methyl sites for hydroxylation is 1. The maximum Gasteiger partial charge on any atom is 0.393 e. The number of carbonyl (C=O) groups excluding carboxylic acids is 1. The van der Waals surface area contributed by atoms with Gasteiger partial charge < -0.3 is 30.7 Å². The van der Waals surface area contributed by atoms with Gasteiger partial charge in [-0.1, -0.05) is 0 Å². The number of nitrogens with one attached hydrogen (secondary N) is 2. The van der Waals surface area contributed by atoms with Crippen molar-refractivity contribution in [1.82, 2.24) is 20.6 Å². The van der Waals surface area contributed by atoms with Crippen LogP contribution in [0.4, 0.5) is 33.5 Å². The van der Waals surface area contributed by atoms with Gasteiger partial charge in [0.2, 0.25) is 5.88 Å². The average molecular weight is 645 g/mol. The van der Waals surface area contributed by atoms with Crippen molar-refractivity contribution in [1.29, 1.82) is 0 Å². The quantitative estimate of drug-likeness (QED) is 0.280. The third-order valence-electron chi connectivity index (χ3n) is 10.5. The summed E-state index contributed by atoms with van der Waals surface area (Å²) >= 11 is 0. The number of amides is 1. The number of hydrogen-bond donors (Lipinski definition) is 3. The van der Waals surface area contributed by atoms with Crippen LogP contribution < -0.4 is 26.0 Å². The van der Waals surface area contributed by atoms with Gasteiger partial charge in [-0.05, 0) is 57.7 Å². The number of ether oxygens (including phenoxy) is 2. The smallest absolute Gasteiger partial charge is 0.393 e. The number of nitrogens with two attached hydrogens (primary N) is 1. The van der Waals surface area contributed by atoms with E-state index < -0.39 is 58.6 Å². The van der Waals surface area contributed by atoms with E-state index in [4.69, 9.17) is 20.2 Å². The molecular weight excluding hydrogens is 611 g/mol. The lowest BCUT2D eigenvalue weighted by molar-refractivity contribution is -0.127. The Kier molecular flexibility index (Phi) is 6.20. The second-order valence-corrected chi connectivity index (χ2v) is 13.9. The van der Waals surface area contributed by atoms with Crippen molar-refractivity contribution in [3.05, 3.63) is 40.6 Å². The maximum atomic E-state index is 17.1. The molecule has 8 rings (SSSR count). The highest BCUT2D eigenvalue weighted by atomic mass is 19.4. The summed E-state index contributed by atoms with van der Waals surface area (Å²) in [6.45, 7) is 6.89. The standard InChI is InChI=1S/C32H33F5N6O3/c1-13-21-22-27(39-24(13)28(44)42-31-8-15(31)10-45-12-31)43-11-30(3)5-4-20(41-30)26(43)14(2)46-29(22)40-25(23(21)34)17-6-16(38)7-19(33)18(17)9-32(35,36)37/h6-7,14-15,20,26,41H,4-5,8-12,38H2,1-3H3,(H,42,44). The number of halogens is 5. The molecule has 1 aromatic carbocycles. The summed E-state index contributed by atoms with van der Waals surface area (Å²) in [5, 5.41) is 6.88. The van der Waals surface area contributed by atoms with E-state index in [0.717, 1.165) is 31.4 Å². The van der Waals surface area contributed by atoms with Gasteiger partial charge in [0, 0.05) is 46.2 Å². The molecule has 2 aromatic heterocycles. The molecule has 1 amide bonds. The Morgan fingerprint density at radius 3 is 2.72 bits per heavy atom. The summed E-state index contributed by atoms with van der Waals surface area (Å²) < 4.78 is 85.1. The van der Waals surface area contributed by atoms with Crippen molar-refractivity contribution in [3.63, 3.8) is 0 Å². The molecule has 5 aliphatic rings. The molecule has 14 heteroatoms. The maximum absolute atomic E-state index is 17.1. The van der Waals surface area contributed by atoms with Crippen LogP contribution in [-0.4, -0.2) is 71.1 Å². The second-order valence-electron chi connectivity index (χ2n) is 13.9. The predicted molar refractivity (Wildman–Crippen MR) is 159 cm³/mol. The molecule has 244 valence electrons. The number of alkyl halides is 3. The van der Waals surface area contributed by atoms with Crippen LogP contribution in [-0.2, 0) is 11.2 Å². The summed E-state index contributed by atoms with van der Waals surface area (Å²) in [6, 6.07) is 1.57. The zero-order valence-corrected chi connectivity index (χ0v) is 25.4. The van der Waals surface area contributed by atoms with Crippen molar-refractivity contribution in [2.45, 2.75) is 81.9 Å². The number of benzene rings is 1. The average Bonchev–Trinajstić information content (AvgIpc) is 3.38. The molecule has 1 saturated carbocycles. The summed E-state index contributed by atoms with van der Waals surface area (Å²) in [7, 11) is 0. The Hall–Kier alpha value is -3.78. The van der Waals surface area contributed by atoms with Crippen LogP contribution in [0.1, 0.15) is 54.7 Å². The summed E-state index contributed by atoms with van der Waals surface area (Å²) in [4.78, 5) is 25.3. The van der Waals surface area contributed by atoms with Crippen LogP contribution >= 0.6 is 0 Å². The number of fused-ring (bicyclic) bond motifs is 6. The number of anilines is 2. The molecule has 6 atom stereocenters. The van der Waals surface area contributed by atoms with Gasteiger partial charge in [0.25, 0.3) is 5.91 Å². The molecule has 6 heterocycles. The van der Waals surface area contributed by atoms with E-state index >= 15 is 8.78 Å². The highest BCUT2D eigenvalue weighted by Gasteiger charge is 2.60. The van der Waals surface area contributed by atoms with Gasteiger partial charge in [0.05, 0.1) is 36.6 Å². The Balaban J connectivity index is 1.39. The van der Waals surface area contributed by atoms with E-state index in [2.05, 4.69) is 27.4 Å². The molecule has 0 spiro atoms. The first-order valence-electron chi connectivity index (χ1n) is 15.5. The monoisotopic (exact) mass is 644 g/mol. The number of nitrogens with zero attached hydrogens (tertiary/aromatic N) is 3. The summed E-state index contributed by atoms with van der Waals surface area (Å²) in [5.41, 5.74) is 3.25. The van der Waals surface area contributed by atoms with Crippen LogP contribution in [0.15, 0.2) is 12.1 Å². The van der Waals surface area contributed by atoms with Crippen molar-refractivity contribution in [2.24, 2.45) is 5.92 Å². The summed E-state index contributed by atoms with van der Waals surface area (Å²) in [5.74, 6) is -2.31. The van der Waals surface area contributed by atoms with E-state index in [1.54, 1.807) is 0 Å². The second kappa shape index (κ2) is 9.63. The first-order valence-corrected chi connectivity index (χ1v) is 15.5. The van der Waals surface area contributed by atoms with Gasteiger partial charge in [-0.3, -0.25) is 4.79 Å². The number of nitrogen functional groups attached to an aromatic ring is 1. The minimum atomic E-state index is -4.80. The minimum absolute atomic E-state index is 0.00837. The molecule has 4 N–H and O–H groups in total. The van der Waals surface area contributed by atoms with Crippen molar-refractivity contribution in [3.8, 4) is 17.1 Å². The van der Waals surface area contributed by atoms with Crippen LogP contribution in [0, 0.1) is 24.5 Å². The number of aromatic nitrogens is 2. The lowest BCUT2D eigenvalue weighted by Crippen LogP contribution is -2.66. The number of rotatable bonds is 4. The Morgan fingerprint density at radius 1 is 1.24 bits per heavy atom. The lowest BCUT2D eigenvalue weighted by Gasteiger charge is -2.46. The topological polar surface area (TPSA) is 115 Å². The molecule has 0 radical (unpaired) electrons. The highest BCUT2D eigenvalue weighted by molar-refractivity contribution is 6.07. The van der Waals surface area contributed by atoms with Gasteiger partial charge in [0.1, 0.15) is 29.1 Å². The minimum Gasteiger partial charge on any atom is -0.472 e. The van der Waals surface area contributed by atoms with E-state index in [1.807, 2.05) is 6.92 Å². The molecule has 9 nitrogen and oxygen atoms in total. The third-order valence-corrected chi connectivity index (χ3v) is 10.5. The number of piperazine rings is 1. The van der Waals surface area contributed by atoms with Crippen LogP contribution in [0.3, 0.4) is 0 Å². The fourth-order valence-electron chi connectivity index (χ4n) is 8.23. The molecule has 6 unspecified atom stereocenters. The van der Waals surface area contributed by atoms with Crippen LogP contribution in [0.2, 0.25) is 0 Å². The van der Waals surface area contributed by atoms with Crippen molar-refractivity contribution in [2.75, 3.05) is 30.4 Å². The van der Waals surface area contributed by atoms with Crippen LogP contribution in [0.25, 0.3) is 22.0 Å². The molecule has 2 bridgehead atoms. The number of hydrogen-bond acceptors (Lipinski definition) is 8. The molecule has 4 fully saturated rings. The first-order chi connectivity index (χ1) is 21.7. The molecular formula is C32H33F5N6O3. The normalized spacial score (nSPS) is 30.9. The van der Waals surface area contributed by atoms with Gasteiger partial charge in [-0.2, -0.15) is 13.2 Å². The molecule has 1 aliphatic carbocycles. The number of pyridine rings is 2. The van der Waals surface area contributed by atoms with Gasteiger partial charge in [0.15, 0.2) is 5.82 Å². The third kappa shape index (κ3) is 4.43. The van der Waals surface area contributed by atoms with E-state index in [0.29, 0.717) is 25.6 Å². The zero-order chi connectivity index (χ0) is 32.5. The van der Waals surface area contributed by atoms with Gasteiger partial charge in [-0.15, -0.1) is 0 Å². The molecule has 3 aromatic rings. The Morgan fingerprint density at radius 2 is 2.02 bits per heavy atom. The Labute approximate surface area is 261 Å².